The van der Waals surface area contributed by atoms with Gasteiger partial charge in [0.2, 0.25) is 0 Å². The number of rotatable bonds is 6. The smallest absolute Gasteiger partial charge is 1.00 e. The van der Waals surface area contributed by atoms with Crippen molar-refractivity contribution < 1.29 is 45.2 Å². The van der Waals surface area contributed by atoms with Crippen LogP contribution in [-0.4, -0.2) is 75.0 Å². The number of aliphatic hydroxyl groups is 2. The number of benzene rings is 5. The first kappa shape index (κ1) is 51.8. The van der Waals surface area contributed by atoms with Crippen LogP contribution < -0.4 is 17.0 Å². The number of nitrogens with zero attached hydrogens (tertiary/aromatic N) is 2. The molecule has 8 rings (SSSR count). The van der Waals surface area contributed by atoms with Crippen molar-refractivity contribution >= 4 is 28.8 Å². The van der Waals surface area contributed by atoms with E-state index in [1.54, 1.807) is 24.3 Å². The van der Waals surface area contributed by atoms with Gasteiger partial charge in [0.1, 0.15) is 17.4 Å². The molecular weight excluding hydrogens is 826 g/mol. The molecule has 0 atom stereocenters. The summed E-state index contributed by atoms with van der Waals surface area (Å²) < 4.78 is 38.2. The Balaban J connectivity index is 0.000000281. The maximum atomic E-state index is 13.3. The average Bonchev–Trinajstić information content (AvgIpc) is 3.22. The fraction of sp³-hybridized carbons (Fsp3) is 0.367. The summed E-state index contributed by atoms with van der Waals surface area (Å²) in [7, 11) is 0. The van der Waals surface area contributed by atoms with E-state index in [2.05, 4.69) is 52.3 Å². The van der Waals surface area contributed by atoms with Gasteiger partial charge in [0, 0.05) is 57.9 Å². The van der Waals surface area contributed by atoms with Crippen molar-refractivity contribution in [2.75, 3.05) is 26.2 Å². The maximum absolute atomic E-state index is 13.3. The van der Waals surface area contributed by atoms with Gasteiger partial charge in [-0.3, -0.25) is 19.0 Å². The van der Waals surface area contributed by atoms with Crippen LogP contribution in [-0.2, 0) is 29.1 Å². The summed E-state index contributed by atoms with van der Waals surface area (Å²) in [5, 5.41) is 21.1. The van der Waals surface area contributed by atoms with Gasteiger partial charge in [0.25, 0.3) is 0 Å². The van der Waals surface area contributed by atoms with E-state index in [0.717, 1.165) is 83.4 Å². The number of likely N-dealkylation sites (tertiary alicyclic amines) is 2. The molecule has 0 spiro atoms. The molecule has 2 N–H and O–H groups in total. The van der Waals surface area contributed by atoms with Crippen LogP contribution in [0.4, 0.5) is 13.2 Å². The van der Waals surface area contributed by atoms with Crippen molar-refractivity contribution in [2.45, 2.75) is 89.5 Å². The molecular formula is C49H58BrF3MgN2O3. The Labute approximate surface area is 376 Å². The molecule has 0 radical (unpaired) electrons. The maximum Gasteiger partial charge on any atom is 2.00 e. The fourth-order valence-corrected chi connectivity index (χ4v) is 7.37. The molecule has 5 aromatic carbocycles. The minimum atomic E-state index is -0.894. The molecule has 2 saturated heterocycles. The Kier molecular flexibility index (Phi) is 23.5. The van der Waals surface area contributed by atoms with Gasteiger partial charge in [-0.1, -0.05) is 112 Å². The second kappa shape index (κ2) is 26.8. The van der Waals surface area contributed by atoms with Gasteiger partial charge < -0.3 is 27.2 Å². The second-order valence-corrected chi connectivity index (χ2v) is 14.9. The molecule has 1 aliphatic carbocycles. The Morgan fingerprint density at radius 2 is 1.00 bits per heavy atom. The third kappa shape index (κ3) is 17.6. The monoisotopic (exact) mass is 882 g/mol. The van der Waals surface area contributed by atoms with Gasteiger partial charge in [0.15, 0.2) is 0 Å². The zero-order chi connectivity index (χ0) is 39.6. The summed E-state index contributed by atoms with van der Waals surface area (Å²) in [6.07, 6.45) is 7.51. The predicted octanol–water partition coefficient (Wildman–Crippen LogP) is 7.02. The van der Waals surface area contributed by atoms with Crippen LogP contribution in [0.3, 0.4) is 0 Å². The first-order valence-corrected chi connectivity index (χ1v) is 19.7. The average molecular weight is 884 g/mol. The molecule has 0 unspecified atom stereocenters. The molecule has 2 aliphatic heterocycles. The van der Waals surface area contributed by atoms with Crippen molar-refractivity contribution in [3.05, 3.63) is 179 Å². The molecule has 3 fully saturated rings. The summed E-state index contributed by atoms with van der Waals surface area (Å²) in [5.74, 6) is -0.369. The fourth-order valence-electron chi connectivity index (χ4n) is 7.37. The van der Waals surface area contributed by atoms with Crippen LogP contribution in [0.1, 0.15) is 87.5 Å². The number of ketones is 1. The SMILES string of the molecule is C.Fc1c[c-]ccc1.O=C1CCN(Cc2ccccc2)CC1.OC1(c2cccc(F)c2)CCCCC1.OC1(c2cccc(F)c2)CCN(Cc2ccccc2)CC1.[Br-].[Mg+2]. The number of hydrogen-bond acceptors (Lipinski definition) is 5. The van der Waals surface area contributed by atoms with Crippen LogP contribution in [0.2, 0.25) is 0 Å². The number of halogens is 4. The van der Waals surface area contributed by atoms with Crippen LogP contribution >= 0.6 is 0 Å². The molecule has 10 heteroatoms. The first-order valence-electron chi connectivity index (χ1n) is 19.7. The molecule has 1 saturated carbocycles. The Morgan fingerprint density at radius 3 is 1.41 bits per heavy atom. The van der Waals surface area contributed by atoms with Crippen molar-refractivity contribution in [1.82, 2.24) is 9.80 Å². The van der Waals surface area contributed by atoms with Crippen LogP contribution in [0.15, 0.2) is 133 Å². The van der Waals surface area contributed by atoms with Crippen molar-refractivity contribution in [3.63, 3.8) is 0 Å². The quantitative estimate of drug-likeness (QED) is 0.142. The minimum Gasteiger partial charge on any atom is -1.00 e. The molecule has 0 aromatic heterocycles. The standard InChI is InChI=1S/C18H20FNO.C12H15FO.C12H15NO.C6H4F.CH4.BrH.Mg/c19-17-8-4-7-16(13-17)18(21)9-11-20(12-10-18)14-15-5-2-1-3-6-15;13-11-6-4-5-10(9-11)12(14)7-2-1-3-8-12;14-12-6-8-13(9-7-12)10-11-4-2-1-3-5-11;7-6-4-2-1-3-5-6;;;/h1-8,13,21H,9-12,14H2;4-6,9,14H,1-3,7-8H2;1-5H,6-10H2;1-2,4-5H;1H4;1H;/q;;;-1;;;+2/p-1. The van der Waals surface area contributed by atoms with E-state index in [1.165, 1.54) is 53.9 Å². The van der Waals surface area contributed by atoms with Crippen molar-refractivity contribution in [2.24, 2.45) is 0 Å². The van der Waals surface area contributed by atoms with Crippen molar-refractivity contribution in [3.8, 4) is 0 Å². The first-order chi connectivity index (χ1) is 27.1. The second-order valence-electron chi connectivity index (χ2n) is 14.9. The van der Waals surface area contributed by atoms with E-state index in [0.29, 0.717) is 24.2 Å². The van der Waals surface area contributed by atoms with Gasteiger partial charge in [0.05, 0.1) is 11.2 Å². The number of carbonyl (C=O) groups is 1. The number of hydrogen-bond donors (Lipinski definition) is 2. The number of Topliss-reactive ketones (excluding diaryl/α,β-unsaturated/α-hetero) is 1. The third-order valence-electron chi connectivity index (χ3n) is 10.7. The van der Waals surface area contributed by atoms with Gasteiger partial charge in [-0.25, -0.2) is 8.78 Å². The summed E-state index contributed by atoms with van der Waals surface area (Å²) >= 11 is 0. The van der Waals surface area contributed by atoms with Crippen LogP contribution in [0.5, 0.6) is 0 Å². The molecule has 2 heterocycles. The summed E-state index contributed by atoms with van der Waals surface area (Å²) in [6, 6.07) is 42.0. The van der Waals surface area contributed by atoms with Gasteiger partial charge in [-0.15, -0.1) is 12.1 Å². The molecule has 0 amide bonds. The molecule has 59 heavy (non-hydrogen) atoms. The zero-order valence-electron chi connectivity index (χ0n) is 33.2. The van der Waals surface area contributed by atoms with Crippen molar-refractivity contribution in [1.29, 1.82) is 0 Å². The number of piperidine rings is 2. The van der Waals surface area contributed by atoms with Gasteiger partial charge >= 0.3 is 23.1 Å². The van der Waals surface area contributed by atoms with Crippen LogP contribution in [0, 0.1) is 23.5 Å². The van der Waals surface area contributed by atoms with Crippen LogP contribution in [0.25, 0.3) is 0 Å². The molecule has 5 nitrogen and oxygen atoms in total. The Hall–Kier alpha value is -3.35. The van der Waals surface area contributed by atoms with E-state index in [1.807, 2.05) is 36.4 Å². The normalized spacial score (nSPS) is 16.9. The largest absolute Gasteiger partial charge is 2.00 e. The summed E-state index contributed by atoms with van der Waals surface area (Å²) in [6.45, 7) is 5.37. The molecule has 312 valence electrons. The van der Waals surface area contributed by atoms with E-state index in [4.69, 9.17) is 0 Å². The third-order valence-corrected chi connectivity index (χ3v) is 10.7. The number of carbonyl (C=O) groups excluding carboxylic acids is 1. The Bertz CT molecular complexity index is 1890. The Morgan fingerprint density at radius 1 is 0.559 bits per heavy atom. The van der Waals surface area contributed by atoms with E-state index < -0.39 is 11.2 Å². The topological polar surface area (TPSA) is 64.0 Å². The van der Waals surface area contributed by atoms with Gasteiger partial charge in [-0.2, -0.15) is 18.2 Å². The molecule has 0 bridgehead atoms. The summed E-state index contributed by atoms with van der Waals surface area (Å²) in [4.78, 5) is 15.7. The molecule has 5 aromatic rings. The minimum absolute atomic E-state index is 0. The van der Waals surface area contributed by atoms with E-state index in [9.17, 15) is 28.2 Å². The summed E-state index contributed by atoms with van der Waals surface area (Å²) in [5.41, 5.74) is 2.38. The molecule has 3 aliphatic rings. The van der Waals surface area contributed by atoms with Gasteiger partial charge in [-0.05, 0) is 72.2 Å². The van der Waals surface area contributed by atoms with E-state index in [-0.39, 0.29) is 64.9 Å². The zero-order valence-corrected chi connectivity index (χ0v) is 36.2. The predicted molar refractivity (Wildman–Crippen MR) is 228 cm³/mol. The van der Waals surface area contributed by atoms with E-state index >= 15 is 0 Å².